The minimum Gasteiger partial charge on any atom is -0.496 e. The first-order chi connectivity index (χ1) is 15.9. The lowest BCUT2D eigenvalue weighted by Gasteiger charge is -2.32. The van der Waals surface area contributed by atoms with Gasteiger partial charge < -0.3 is 19.5 Å². The molecule has 2 aliphatic rings. The fraction of sp³-hybridized carbons (Fsp3) is 0.609. The number of nitrogens with one attached hydrogen (secondary N) is 1. The van der Waals surface area contributed by atoms with Gasteiger partial charge in [-0.1, -0.05) is 12.1 Å². The number of benzene rings is 1. The van der Waals surface area contributed by atoms with Gasteiger partial charge in [0, 0.05) is 13.0 Å². The normalized spacial score (nSPS) is 24.1. The van der Waals surface area contributed by atoms with Crippen LogP contribution in [-0.2, 0) is 31.1 Å². The van der Waals surface area contributed by atoms with E-state index >= 15 is 0 Å². The third kappa shape index (κ3) is 4.57. The van der Waals surface area contributed by atoms with E-state index in [0.717, 1.165) is 29.7 Å². The molecule has 0 spiro atoms. The van der Waals surface area contributed by atoms with Crippen LogP contribution in [-0.4, -0.2) is 53.5 Å². The summed E-state index contributed by atoms with van der Waals surface area (Å²) in [6.07, 6.45) is 3.25. The van der Waals surface area contributed by atoms with E-state index in [1.54, 1.807) is 7.11 Å². The maximum absolute atomic E-state index is 12.6. The van der Waals surface area contributed by atoms with E-state index in [2.05, 4.69) is 26.9 Å². The number of carbonyl (C=O) groups excluding carboxylic acids is 2. The van der Waals surface area contributed by atoms with Gasteiger partial charge in [0.1, 0.15) is 5.75 Å². The van der Waals surface area contributed by atoms with Crippen LogP contribution in [0.2, 0.25) is 0 Å². The van der Waals surface area contributed by atoms with Crippen molar-refractivity contribution in [3.63, 3.8) is 0 Å². The molecule has 3 atom stereocenters. The molecule has 0 amide bonds. The summed E-state index contributed by atoms with van der Waals surface area (Å²) in [6.45, 7) is 2.65. The molecule has 10 nitrogen and oxygen atoms in total. The van der Waals surface area contributed by atoms with Crippen LogP contribution in [0.1, 0.15) is 55.1 Å². The fourth-order valence-electron chi connectivity index (χ4n) is 5.08. The van der Waals surface area contributed by atoms with Gasteiger partial charge >= 0.3 is 11.9 Å². The predicted octanol–water partition coefficient (Wildman–Crippen LogP) is 2.07. The highest BCUT2D eigenvalue weighted by molar-refractivity contribution is 5.75. The summed E-state index contributed by atoms with van der Waals surface area (Å²) in [7, 11) is 4.31. The van der Waals surface area contributed by atoms with Gasteiger partial charge in [0.2, 0.25) is 0 Å². The number of aromatic nitrogens is 4. The van der Waals surface area contributed by atoms with E-state index in [1.165, 1.54) is 25.3 Å². The highest BCUT2D eigenvalue weighted by atomic mass is 16.5. The summed E-state index contributed by atoms with van der Waals surface area (Å²) in [5.74, 6) is 1.81. The van der Waals surface area contributed by atoms with Gasteiger partial charge in [0.15, 0.2) is 11.9 Å². The van der Waals surface area contributed by atoms with E-state index in [1.807, 2.05) is 19.1 Å². The Morgan fingerprint density at radius 3 is 2.64 bits per heavy atom. The summed E-state index contributed by atoms with van der Waals surface area (Å²) in [4.78, 5) is 24.4. The Kier molecular flexibility index (Phi) is 6.64. The van der Waals surface area contributed by atoms with Crippen LogP contribution in [0.3, 0.4) is 0 Å². The Morgan fingerprint density at radius 2 is 1.97 bits per heavy atom. The second-order valence-corrected chi connectivity index (χ2v) is 8.94. The van der Waals surface area contributed by atoms with Gasteiger partial charge in [-0.3, -0.25) is 4.79 Å². The summed E-state index contributed by atoms with van der Waals surface area (Å²) in [6, 6.07) is 5.19. The molecular weight excluding hydrogens is 426 g/mol. The standard InChI is InChI=1S/C23H31N5O5/c1-14-15(6-5-7-19(14)31-2)13-24-23(11-16-10-17(16)12-23)22-25-26-27-28(22)18(21(30)33-4)8-9-20(29)32-3/h5-7,16-18,24H,8-13H2,1-4H3. The maximum Gasteiger partial charge on any atom is 0.330 e. The van der Waals surface area contributed by atoms with Crippen LogP contribution in [0.15, 0.2) is 18.2 Å². The predicted molar refractivity (Wildman–Crippen MR) is 117 cm³/mol. The molecule has 2 aromatic rings. The van der Waals surface area contributed by atoms with Crippen molar-refractivity contribution in [3.8, 4) is 5.75 Å². The molecule has 2 fully saturated rings. The summed E-state index contributed by atoms with van der Waals surface area (Å²) in [5.41, 5.74) is 1.74. The molecule has 0 bridgehead atoms. The Morgan fingerprint density at radius 1 is 1.21 bits per heavy atom. The van der Waals surface area contributed by atoms with Gasteiger partial charge in [-0.15, -0.1) is 5.10 Å². The van der Waals surface area contributed by atoms with Crippen molar-refractivity contribution in [1.82, 2.24) is 25.5 Å². The highest BCUT2D eigenvalue weighted by Crippen LogP contribution is 2.59. The minimum absolute atomic E-state index is 0.0598. The van der Waals surface area contributed by atoms with Crippen LogP contribution in [0, 0.1) is 18.8 Å². The zero-order valence-corrected chi connectivity index (χ0v) is 19.5. The van der Waals surface area contributed by atoms with Gasteiger partial charge in [-0.05, 0) is 72.1 Å². The van der Waals surface area contributed by atoms with Crippen molar-refractivity contribution in [2.24, 2.45) is 11.8 Å². The van der Waals surface area contributed by atoms with Crippen LogP contribution >= 0.6 is 0 Å². The molecule has 10 heteroatoms. The average molecular weight is 458 g/mol. The van der Waals surface area contributed by atoms with Crippen LogP contribution < -0.4 is 10.1 Å². The molecule has 178 valence electrons. The van der Waals surface area contributed by atoms with Crippen molar-refractivity contribution < 1.29 is 23.8 Å². The van der Waals surface area contributed by atoms with Crippen LogP contribution in [0.25, 0.3) is 0 Å². The number of fused-ring (bicyclic) bond motifs is 1. The second-order valence-electron chi connectivity index (χ2n) is 8.94. The van der Waals surface area contributed by atoms with Crippen molar-refractivity contribution in [3.05, 3.63) is 35.2 Å². The third-order valence-corrected chi connectivity index (χ3v) is 7.06. The molecule has 1 N–H and O–H groups in total. The number of rotatable bonds is 10. The topological polar surface area (TPSA) is 117 Å². The number of ether oxygens (including phenoxy) is 3. The van der Waals surface area contributed by atoms with Gasteiger partial charge in [0.05, 0.1) is 26.9 Å². The number of hydrogen-bond donors (Lipinski definition) is 1. The largest absolute Gasteiger partial charge is 0.496 e. The van der Waals surface area contributed by atoms with Crippen LogP contribution in [0.5, 0.6) is 5.75 Å². The Balaban J connectivity index is 1.63. The molecule has 33 heavy (non-hydrogen) atoms. The van der Waals surface area contributed by atoms with Crippen molar-refractivity contribution in [1.29, 1.82) is 0 Å². The smallest absolute Gasteiger partial charge is 0.330 e. The van der Waals surface area contributed by atoms with E-state index in [4.69, 9.17) is 14.2 Å². The van der Waals surface area contributed by atoms with E-state index < -0.39 is 23.5 Å². The first-order valence-corrected chi connectivity index (χ1v) is 11.2. The number of methoxy groups -OCH3 is 3. The highest BCUT2D eigenvalue weighted by Gasteiger charge is 2.57. The molecule has 1 aromatic carbocycles. The van der Waals surface area contributed by atoms with Gasteiger partial charge in [-0.2, -0.15) is 0 Å². The molecule has 3 unspecified atom stereocenters. The SMILES string of the molecule is COC(=O)CCC(C(=O)OC)n1nnnc1C1(NCc2cccc(OC)c2C)CC2CC2C1. The monoisotopic (exact) mass is 457 g/mol. The van der Waals surface area contributed by atoms with E-state index in [-0.39, 0.29) is 12.8 Å². The van der Waals surface area contributed by atoms with Crippen molar-refractivity contribution >= 4 is 11.9 Å². The average Bonchev–Trinajstić information content (AvgIpc) is 3.21. The Hall–Kier alpha value is -3.01. The summed E-state index contributed by atoms with van der Waals surface area (Å²) in [5, 5.41) is 16.2. The van der Waals surface area contributed by atoms with Crippen molar-refractivity contribution in [2.75, 3.05) is 21.3 Å². The van der Waals surface area contributed by atoms with E-state index in [9.17, 15) is 9.59 Å². The fourth-order valence-corrected chi connectivity index (χ4v) is 5.08. The lowest BCUT2D eigenvalue weighted by atomic mass is 9.90. The summed E-state index contributed by atoms with van der Waals surface area (Å²) >= 11 is 0. The lowest BCUT2D eigenvalue weighted by Crippen LogP contribution is -2.44. The lowest BCUT2D eigenvalue weighted by molar-refractivity contribution is -0.146. The maximum atomic E-state index is 12.6. The van der Waals surface area contributed by atoms with Crippen molar-refractivity contribution in [2.45, 2.75) is 57.2 Å². The third-order valence-electron chi connectivity index (χ3n) is 7.06. The molecule has 1 heterocycles. The Bertz CT molecular complexity index is 1010. The quantitative estimate of drug-likeness (QED) is 0.535. The molecule has 4 rings (SSSR count). The molecule has 0 saturated heterocycles. The van der Waals surface area contributed by atoms with Crippen LogP contribution in [0.4, 0.5) is 0 Å². The first-order valence-electron chi connectivity index (χ1n) is 11.2. The number of tetrazole rings is 1. The number of esters is 2. The molecule has 2 aliphatic carbocycles. The zero-order chi connectivity index (χ0) is 23.6. The molecular formula is C23H31N5O5. The summed E-state index contributed by atoms with van der Waals surface area (Å²) < 4.78 is 16.8. The molecule has 2 saturated carbocycles. The van der Waals surface area contributed by atoms with Gasteiger partial charge in [-0.25, -0.2) is 9.48 Å². The Labute approximate surface area is 193 Å². The minimum atomic E-state index is -0.812. The first kappa shape index (κ1) is 23.2. The zero-order valence-electron chi connectivity index (χ0n) is 19.5. The number of nitrogens with zero attached hydrogens (tertiary/aromatic N) is 4. The van der Waals surface area contributed by atoms with E-state index in [0.29, 0.717) is 24.2 Å². The molecule has 1 aromatic heterocycles. The van der Waals surface area contributed by atoms with Gasteiger partial charge in [0.25, 0.3) is 0 Å². The number of carbonyl (C=O) groups is 2. The molecule has 0 radical (unpaired) electrons. The molecule has 0 aliphatic heterocycles. The number of hydrogen-bond acceptors (Lipinski definition) is 9. The second kappa shape index (κ2) is 9.46.